The van der Waals surface area contributed by atoms with Crippen LogP contribution in [-0.4, -0.2) is 30.3 Å². The molecule has 0 unspecified atom stereocenters. The minimum Gasteiger partial charge on any atom is -0.456 e. The Hall–Kier alpha value is -1.21. The molecule has 0 fully saturated rings. The minimum atomic E-state index is -5.61. The lowest BCUT2D eigenvalue weighted by molar-refractivity contribution is -0.311. The molecule has 0 heterocycles. The van der Waals surface area contributed by atoms with E-state index in [1.54, 1.807) is 0 Å². The number of esters is 1. The highest BCUT2D eigenvalue weighted by atomic mass is 19.3. The molecular formula is C10H12F6O2. The molecule has 0 amide bonds. The van der Waals surface area contributed by atoms with Crippen LogP contribution in [0.3, 0.4) is 0 Å². The van der Waals surface area contributed by atoms with Crippen LogP contribution in [0.5, 0.6) is 0 Å². The highest BCUT2D eigenvalue weighted by Gasteiger charge is 2.69. The van der Waals surface area contributed by atoms with Crippen molar-refractivity contribution in [1.82, 2.24) is 0 Å². The Kier molecular flexibility index (Phi) is 4.84. The fourth-order valence-electron chi connectivity index (χ4n) is 0.800. The van der Waals surface area contributed by atoms with Crippen LogP contribution in [-0.2, 0) is 9.53 Å². The Morgan fingerprint density at radius 3 is 1.94 bits per heavy atom. The van der Waals surface area contributed by atoms with Crippen LogP contribution in [0.2, 0.25) is 0 Å². The largest absolute Gasteiger partial charge is 0.456 e. The van der Waals surface area contributed by atoms with Gasteiger partial charge < -0.3 is 4.74 Å². The topological polar surface area (TPSA) is 26.3 Å². The molecule has 0 aromatic rings. The first kappa shape index (κ1) is 16.8. The van der Waals surface area contributed by atoms with Gasteiger partial charge in [-0.05, 0) is 13.8 Å². The van der Waals surface area contributed by atoms with Gasteiger partial charge in [0.1, 0.15) is 0 Å². The lowest BCUT2D eigenvalue weighted by Crippen LogP contribution is -2.55. The van der Waals surface area contributed by atoms with Gasteiger partial charge in [-0.2, -0.15) is 26.3 Å². The highest BCUT2D eigenvalue weighted by Crippen LogP contribution is 2.45. The maximum absolute atomic E-state index is 12.9. The van der Waals surface area contributed by atoms with E-state index in [1.165, 1.54) is 19.9 Å². The molecular weight excluding hydrogens is 266 g/mol. The van der Waals surface area contributed by atoms with Crippen LogP contribution in [0.25, 0.3) is 0 Å². The lowest BCUT2D eigenvalue weighted by Gasteiger charge is -2.30. The number of carbonyl (C=O) groups is 1. The normalized spacial score (nSPS) is 14.6. The second-order valence-corrected chi connectivity index (χ2v) is 3.72. The van der Waals surface area contributed by atoms with Crippen LogP contribution in [0.15, 0.2) is 11.6 Å². The molecule has 0 aromatic heterocycles. The number of alkyl halides is 6. The second kappa shape index (κ2) is 5.19. The van der Waals surface area contributed by atoms with Crippen LogP contribution >= 0.6 is 0 Å². The van der Waals surface area contributed by atoms with E-state index in [0.29, 0.717) is 0 Å². The zero-order chi connectivity index (χ0) is 14.8. The van der Waals surface area contributed by atoms with Gasteiger partial charge in [0.05, 0.1) is 0 Å². The third kappa shape index (κ3) is 3.39. The molecule has 0 atom stereocenters. The molecule has 0 N–H and O–H groups in total. The molecule has 0 bridgehead atoms. The van der Waals surface area contributed by atoms with Gasteiger partial charge in [0.25, 0.3) is 0 Å². The first-order valence-corrected chi connectivity index (χ1v) is 4.80. The fraction of sp³-hybridized carbons (Fsp3) is 0.700. The number of allylic oxidation sites excluding steroid dienone is 1. The van der Waals surface area contributed by atoms with Gasteiger partial charge >= 0.3 is 23.7 Å². The van der Waals surface area contributed by atoms with Crippen molar-refractivity contribution in [3.8, 4) is 0 Å². The highest BCUT2D eigenvalue weighted by molar-refractivity contribution is 5.87. The lowest BCUT2D eigenvalue weighted by atomic mass is 10.1. The summed E-state index contributed by atoms with van der Waals surface area (Å²) in [5.74, 6) is -17.0. The summed E-state index contributed by atoms with van der Waals surface area (Å²) in [7, 11) is 0. The predicted molar refractivity (Wildman–Crippen MR) is 50.9 cm³/mol. The fourth-order valence-corrected chi connectivity index (χ4v) is 0.800. The summed E-state index contributed by atoms with van der Waals surface area (Å²) in [6.07, 6.45) is 1.20. The van der Waals surface area contributed by atoms with Gasteiger partial charge in [0, 0.05) is 12.5 Å². The number of halogens is 6. The summed E-state index contributed by atoms with van der Waals surface area (Å²) < 4.78 is 79.9. The van der Waals surface area contributed by atoms with E-state index in [4.69, 9.17) is 0 Å². The smallest absolute Gasteiger partial charge is 0.375 e. The van der Waals surface area contributed by atoms with Crippen LogP contribution in [0, 0.1) is 0 Å². The Morgan fingerprint density at radius 2 is 1.61 bits per heavy atom. The van der Waals surface area contributed by atoms with Crippen molar-refractivity contribution < 1.29 is 35.9 Å². The Labute approximate surface area is 99.6 Å². The molecule has 106 valence electrons. The van der Waals surface area contributed by atoms with Crippen molar-refractivity contribution in [3.05, 3.63) is 11.6 Å². The molecule has 0 aliphatic carbocycles. The van der Waals surface area contributed by atoms with Gasteiger partial charge in [-0.3, -0.25) is 0 Å². The standard InChI is InChI=1S/C10H12F6O2/c1-4-6(2)7(17)18-5-9(13,14)10(15,16)8(3,11)12/h4H,5H2,1-3H3. The zero-order valence-corrected chi connectivity index (χ0v) is 9.87. The monoisotopic (exact) mass is 278 g/mol. The number of hydrogen-bond acceptors (Lipinski definition) is 2. The number of carbonyl (C=O) groups excluding carboxylic acids is 1. The summed E-state index contributed by atoms with van der Waals surface area (Å²) in [5, 5.41) is 0. The predicted octanol–water partition coefficient (Wildman–Crippen LogP) is 3.42. The van der Waals surface area contributed by atoms with E-state index in [0.717, 1.165) is 0 Å². The van der Waals surface area contributed by atoms with Gasteiger partial charge in [-0.1, -0.05) is 6.08 Å². The third-order valence-corrected chi connectivity index (χ3v) is 2.15. The van der Waals surface area contributed by atoms with Crippen LogP contribution < -0.4 is 0 Å². The number of hydrogen-bond donors (Lipinski definition) is 0. The minimum absolute atomic E-state index is 0.0997. The van der Waals surface area contributed by atoms with Crippen molar-refractivity contribution in [2.45, 2.75) is 38.5 Å². The van der Waals surface area contributed by atoms with E-state index >= 15 is 0 Å². The SMILES string of the molecule is CC=C(C)C(=O)OCC(F)(F)C(F)(F)C(C)(F)F. The molecule has 0 aliphatic heterocycles. The van der Waals surface area contributed by atoms with Gasteiger partial charge in [0.15, 0.2) is 6.61 Å². The average Bonchev–Trinajstić information content (AvgIpc) is 2.22. The Bertz CT molecular complexity index is 343. The summed E-state index contributed by atoms with van der Waals surface area (Å²) in [4.78, 5) is 10.9. The molecule has 8 heteroatoms. The first-order chi connectivity index (χ1) is 7.87. The molecule has 18 heavy (non-hydrogen) atoms. The van der Waals surface area contributed by atoms with Crippen molar-refractivity contribution >= 4 is 5.97 Å². The van der Waals surface area contributed by atoms with Crippen molar-refractivity contribution in [1.29, 1.82) is 0 Å². The third-order valence-electron chi connectivity index (χ3n) is 2.15. The van der Waals surface area contributed by atoms with E-state index < -0.39 is 30.3 Å². The molecule has 0 aliphatic rings. The Balaban J connectivity index is 4.83. The second-order valence-electron chi connectivity index (χ2n) is 3.72. The number of rotatable bonds is 5. The maximum atomic E-state index is 12.9. The molecule has 0 saturated heterocycles. The summed E-state index contributed by atoms with van der Waals surface area (Å²) in [5.41, 5.74) is -0.0997. The molecule has 0 aromatic carbocycles. The van der Waals surface area contributed by atoms with E-state index in [9.17, 15) is 31.1 Å². The van der Waals surface area contributed by atoms with E-state index in [1.807, 2.05) is 0 Å². The quantitative estimate of drug-likeness (QED) is 0.437. The van der Waals surface area contributed by atoms with Gasteiger partial charge in [-0.15, -0.1) is 0 Å². The summed E-state index contributed by atoms with van der Waals surface area (Å²) in [6, 6.07) is 0. The zero-order valence-electron chi connectivity index (χ0n) is 9.87. The van der Waals surface area contributed by atoms with E-state index in [-0.39, 0.29) is 12.5 Å². The maximum Gasteiger partial charge on any atom is 0.375 e. The van der Waals surface area contributed by atoms with Gasteiger partial charge in [0.2, 0.25) is 0 Å². The molecule has 2 nitrogen and oxygen atoms in total. The molecule has 0 radical (unpaired) electrons. The molecule has 0 spiro atoms. The molecule has 0 rings (SSSR count). The van der Waals surface area contributed by atoms with E-state index in [2.05, 4.69) is 4.74 Å². The first-order valence-electron chi connectivity index (χ1n) is 4.80. The number of ether oxygens (including phenoxy) is 1. The van der Waals surface area contributed by atoms with Crippen LogP contribution in [0.4, 0.5) is 26.3 Å². The Morgan fingerprint density at radius 1 is 1.17 bits per heavy atom. The molecule has 0 saturated carbocycles. The van der Waals surface area contributed by atoms with Gasteiger partial charge in [-0.25, -0.2) is 4.79 Å². The van der Waals surface area contributed by atoms with Crippen molar-refractivity contribution in [2.24, 2.45) is 0 Å². The summed E-state index contributed by atoms with van der Waals surface area (Å²) >= 11 is 0. The van der Waals surface area contributed by atoms with Crippen LogP contribution in [0.1, 0.15) is 20.8 Å². The van der Waals surface area contributed by atoms with Crippen molar-refractivity contribution in [2.75, 3.05) is 6.61 Å². The summed E-state index contributed by atoms with van der Waals surface area (Å²) in [6.45, 7) is 0.143. The van der Waals surface area contributed by atoms with Crippen molar-refractivity contribution in [3.63, 3.8) is 0 Å². The average molecular weight is 278 g/mol.